The van der Waals surface area contributed by atoms with Crippen molar-refractivity contribution < 1.29 is 26.9 Å². The Kier molecular flexibility index (Phi) is 7.40. The maximum atomic E-state index is 13.2. The Hall–Kier alpha value is -4.00. The van der Waals surface area contributed by atoms with Crippen molar-refractivity contribution in [3.8, 4) is 11.1 Å². The van der Waals surface area contributed by atoms with E-state index in [1.54, 1.807) is 59.9 Å². The second-order valence-electron chi connectivity index (χ2n) is 8.87. The molecular weight excluding hydrogens is 517 g/mol. The fourth-order valence-corrected chi connectivity index (χ4v) is 5.15. The first-order valence-electron chi connectivity index (χ1n) is 11.5. The zero-order valence-corrected chi connectivity index (χ0v) is 20.9. The van der Waals surface area contributed by atoms with E-state index in [4.69, 9.17) is 21.7 Å². The highest BCUT2D eigenvalue weighted by Crippen LogP contribution is 2.34. The first-order valence-corrected chi connectivity index (χ1v) is 13.0. The Morgan fingerprint density at radius 3 is 2.47 bits per heavy atom. The van der Waals surface area contributed by atoms with Gasteiger partial charge in [-0.15, -0.1) is 0 Å². The molecule has 0 bridgehead atoms. The summed E-state index contributed by atoms with van der Waals surface area (Å²) in [6, 6.07) is 18.4. The Balaban J connectivity index is 1.64. The molecule has 0 saturated carbocycles. The Morgan fingerprint density at radius 2 is 1.79 bits per heavy atom. The molecule has 8 N–H and O–H groups in total. The summed E-state index contributed by atoms with van der Waals surface area (Å²) in [5.74, 6) is -0.165. The highest BCUT2D eigenvalue weighted by Gasteiger charge is 2.34. The van der Waals surface area contributed by atoms with Crippen LogP contribution in [-0.4, -0.2) is 39.2 Å². The summed E-state index contributed by atoms with van der Waals surface area (Å²) in [6.07, 6.45) is -3.39. The minimum atomic E-state index is -4.80. The number of hydrogen-bond donors (Lipinski definition) is 5. The Bertz CT molecular complexity index is 1550. The summed E-state index contributed by atoms with van der Waals surface area (Å²) >= 11 is 0. The lowest BCUT2D eigenvalue weighted by molar-refractivity contribution is -0.518. The van der Waals surface area contributed by atoms with Gasteiger partial charge >= 0.3 is 6.18 Å². The molecule has 0 spiro atoms. The Morgan fingerprint density at radius 1 is 1.05 bits per heavy atom. The first kappa shape index (κ1) is 27.0. The third-order valence-corrected chi connectivity index (χ3v) is 7.10. The van der Waals surface area contributed by atoms with Crippen LogP contribution in [0.4, 0.5) is 24.5 Å². The number of anilines is 1. The molecule has 0 aliphatic carbocycles. The highest BCUT2D eigenvalue weighted by atomic mass is 32.2. The summed E-state index contributed by atoms with van der Waals surface area (Å²) in [7, 11) is -3.94. The molecule has 8 nitrogen and oxygen atoms in total. The van der Waals surface area contributed by atoms with E-state index in [9.17, 15) is 21.6 Å². The van der Waals surface area contributed by atoms with Crippen molar-refractivity contribution in [3.63, 3.8) is 0 Å². The van der Waals surface area contributed by atoms with Gasteiger partial charge in [0.1, 0.15) is 22.9 Å². The predicted octanol–water partition coefficient (Wildman–Crippen LogP) is 3.01. The van der Waals surface area contributed by atoms with E-state index in [0.29, 0.717) is 35.3 Å². The lowest BCUT2D eigenvalue weighted by Crippen LogP contribution is -2.77. The summed E-state index contributed by atoms with van der Waals surface area (Å²) in [4.78, 5) is 1.92. The van der Waals surface area contributed by atoms with Crippen molar-refractivity contribution in [2.45, 2.75) is 17.5 Å². The molecule has 1 aliphatic heterocycles. The van der Waals surface area contributed by atoms with Gasteiger partial charge in [-0.1, -0.05) is 36.4 Å². The topological polar surface area (TPSA) is 154 Å². The van der Waals surface area contributed by atoms with Crippen LogP contribution < -0.4 is 21.1 Å². The van der Waals surface area contributed by atoms with Gasteiger partial charge in [-0.3, -0.25) is 16.1 Å². The van der Waals surface area contributed by atoms with E-state index in [1.807, 2.05) is 11.0 Å². The largest absolute Gasteiger partial charge is 0.432 e. The quantitative estimate of drug-likeness (QED) is 0.168. The van der Waals surface area contributed by atoms with Gasteiger partial charge in [0.25, 0.3) is 0 Å². The monoisotopic (exact) mass is 543 g/mol. The number of hydrogen-bond acceptors (Lipinski definition) is 5. The van der Waals surface area contributed by atoms with E-state index in [2.05, 4.69) is 0 Å². The van der Waals surface area contributed by atoms with E-state index in [0.717, 1.165) is 17.3 Å². The molecule has 12 heteroatoms. The number of nitrogens with one attached hydrogen (secondary N) is 2. The van der Waals surface area contributed by atoms with Crippen LogP contribution in [0.1, 0.15) is 11.1 Å². The van der Waals surface area contributed by atoms with Crippen LogP contribution in [0.3, 0.4) is 0 Å². The van der Waals surface area contributed by atoms with Crippen molar-refractivity contribution >= 4 is 32.9 Å². The van der Waals surface area contributed by atoms with Gasteiger partial charge in [-0.2, -0.15) is 13.2 Å². The number of quaternary nitrogens is 1. The summed E-state index contributed by atoms with van der Waals surface area (Å²) in [6.45, 7) is 0.622. The van der Waals surface area contributed by atoms with Crippen LogP contribution in [0.5, 0.6) is 0 Å². The molecular formula is C26H26F3N6O2S+. The van der Waals surface area contributed by atoms with Gasteiger partial charge in [-0.05, 0) is 41.8 Å². The number of halogens is 3. The molecule has 0 fully saturated rings. The zero-order valence-electron chi connectivity index (χ0n) is 20.1. The summed E-state index contributed by atoms with van der Waals surface area (Å²) in [5.41, 5.74) is 8.16. The number of nitrogen functional groups attached to an aromatic ring is 1. The second kappa shape index (κ2) is 10.4. The SMILES string of the molecule is N=C(N)c1cccc([NH2+]/C(=C\C(=N)C(F)(F)F)CN2CCc3cc(-c4ccccc4S(N)(=O)=O)ccc32)c1. The van der Waals surface area contributed by atoms with Gasteiger partial charge in [0.05, 0.1) is 11.4 Å². The number of primary sulfonamides is 1. The molecule has 0 atom stereocenters. The maximum Gasteiger partial charge on any atom is 0.432 e. The number of nitrogens with two attached hydrogens (primary N) is 3. The lowest BCUT2D eigenvalue weighted by Gasteiger charge is -2.20. The normalized spacial score (nSPS) is 13.9. The lowest BCUT2D eigenvalue weighted by atomic mass is 10.0. The van der Waals surface area contributed by atoms with Gasteiger partial charge in [0, 0.05) is 35.5 Å². The van der Waals surface area contributed by atoms with Crippen LogP contribution in [-0.2, 0) is 16.4 Å². The molecule has 0 unspecified atom stereocenters. The minimum absolute atomic E-state index is 0.00748. The third kappa shape index (κ3) is 6.10. The second-order valence-corrected chi connectivity index (χ2v) is 10.4. The number of sulfonamides is 1. The molecule has 0 aromatic heterocycles. The van der Waals surface area contributed by atoms with Crippen molar-refractivity contribution in [1.29, 1.82) is 10.8 Å². The van der Waals surface area contributed by atoms with Crippen molar-refractivity contribution in [2.24, 2.45) is 10.9 Å². The maximum absolute atomic E-state index is 13.2. The zero-order chi connectivity index (χ0) is 27.7. The van der Waals surface area contributed by atoms with Gasteiger partial charge in [0.2, 0.25) is 10.0 Å². The number of rotatable bonds is 8. The molecule has 3 aromatic carbocycles. The van der Waals surface area contributed by atoms with Crippen molar-refractivity contribution in [2.75, 3.05) is 18.0 Å². The van der Waals surface area contributed by atoms with Crippen molar-refractivity contribution in [3.05, 3.63) is 89.6 Å². The molecule has 0 radical (unpaired) electrons. The van der Waals surface area contributed by atoms with Gasteiger partial charge < -0.3 is 10.6 Å². The number of alkyl halides is 3. The first-order chi connectivity index (χ1) is 17.8. The van der Waals surface area contributed by atoms with Crippen LogP contribution in [0.25, 0.3) is 11.1 Å². The average Bonchev–Trinajstić information content (AvgIpc) is 3.25. The summed E-state index contributed by atoms with van der Waals surface area (Å²) < 4.78 is 63.7. The molecule has 198 valence electrons. The molecule has 4 rings (SSSR count). The standard InChI is InChI=1S/C26H25F3N6O2S/c27-26(28,29)24(30)14-20(34-19-5-3-4-18(13-19)25(31)32)15-35-11-10-17-12-16(8-9-22(17)35)21-6-1-2-7-23(21)38(33,36)37/h1-9,12-14,30,34H,10-11,15H2,(H3,31,32)(H2,33,36,37)/p+1/b20-14-,30-24?. The molecule has 1 heterocycles. The van der Waals surface area contributed by atoms with Crippen LogP contribution >= 0.6 is 0 Å². The number of allylic oxidation sites excluding steroid dienone is 1. The fourth-order valence-electron chi connectivity index (χ4n) is 4.39. The highest BCUT2D eigenvalue weighted by molar-refractivity contribution is 7.89. The van der Waals surface area contributed by atoms with Crippen molar-refractivity contribution in [1.82, 2.24) is 0 Å². The smallest absolute Gasteiger partial charge is 0.384 e. The number of fused-ring (bicyclic) bond motifs is 1. The number of amidine groups is 1. The third-order valence-electron chi connectivity index (χ3n) is 6.13. The fraction of sp³-hybridized carbons (Fsp3) is 0.154. The van der Waals surface area contributed by atoms with E-state index in [-0.39, 0.29) is 23.0 Å². The summed E-state index contributed by atoms with van der Waals surface area (Å²) in [5, 5.41) is 22.0. The molecule has 38 heavy (non-hydrogen) atoms. The van der Waals surface area contributed by atoms with Gasteiger partial charge in [-0.25, -0.2) is 13.6 Å². The minimum Gasteiger partial charge on any atom is -0.384 e. The van der Waals surface area contributed by atoms with Crippen LogP contribution in [0, 0.1) is 10.8 Å². The van der Waals surface area contributed by atoms with Crippen LogP contribution in [0.2, 0.25) is 0 Å². The predicted molar refractivity (Wildman–Crippen MR) is 140 cm³/mol. The molecule has 0 saturated heterocycles. The van der Waals surface area contributed by atoms with E-state index >= 15 is 0 Å². The number of nitrogens with zero attached hydrogens (tertiary/aromatic N) is 1. The van der Waals surface area contributed by atoms with Crippen LogP contribution in [0.15, 0.2) is 83.4 Å². The van der Waals surface area contributed by atoms with E-state index < -0.39 is 21.9 Å². The Labute approximate surface area is 217 Å². The van der Waals surface area contributed by atoms with E-state index in [1.165, 1.54) is 6.07 Å². The molecule has 3 aromatic rings. The molecule has 0 amide bonds. The molecule has 1 aliphatic rings. The van der Waals surface area contributed by atoms with Gasteiger partial charge in [0.15, 0.2) is 0 Å². The average molecular weight is 544 g/mol. The number of benzene rings is 3.